The van der Waals surface area contributed by atoms with Gasteiger partial charge >= 0.3 is 0 Å². The van der Waals surface area contributed by atoms with Crippen molar-refractivity contribution in [1.29, 1.82) is 0 Å². The molecule has 3 rings (SSSR count). The number of para-hydroxylation sites is 1. The molecule has 1 unspecified atom stereocenters. The van der Waals surface area contributed by atoms with Crippen molar-refractivity contribution in [3.05, 3.63) is 59.9 Å². The number of aryl methyl sites for hydroxylation is 1. The molecule has 160 valence electrons. The average Bonchev–Trinajstić information content (AvgIpc) is 3.12. The quantitative estimate of drug-likeness (QED) is 0.620. The number of carbonyl (C=O) groups excluding carboxylic acids is 1. The molecule has 0 radical (unpaired) electrons. The number of nitrogens with zero attached hydrogens (tertiary/aromatic N) is 2. The Bertz CT molecular complexity index is 1140. The third-order valence-electron chi connectivity index (χ3n) is 5.14. The molecule has 1 heterocycles. The van der Waals surface area contributed by atoms with E-state index in [4.69, 9.17) is 4.42 Å². The van der Waals surface area contributed by atoms with Crippen LogP contribution in [0.4, 0.5) is 5.69 Å². The van der Waals surface area contributed by atoms with Gasteiger partial charge in [0.1, 0.15) is 11.3 Å². The molecule has 1 atom stereocenters. The molecule has 8 heteroatoms. The van der Waals surface area contributed by atoms with Crippen molar-refractivity contribution < 1.29 is 17.6 Å². The van der Waals surface area contributed by atoms with E-state index < -0.39 is 10.0 Å². The molecular formula is C22H27N3O4S. The molecule has 1 amide bonds. The number of amides is 1. The lowest BCUT2D eigenvalue weighted by atomic mass is 10.2. The van der Waals surface area contributed by atoms with Crippen LogP contribution in [0.3, 0.4) is 0 Å². The lowest BCUT2D eigenvalue weighted by molar-refractivity contribution is -0.117. The van der Waals surface area contributed by atoms with Gasteiger partial charge in [-0.2, -0.15) is 0 Å². The van der Waals surface area contributed by atoms with Crippen LogP contribution in [0.2, 0.25) is 0 Å². The van der Waals surface area contributed by atoms with Crippen LogP contribution in [0.15, 0.2) is 57.8 Å². The molecule has 0 spiro atoms. The number of likely N-dealkylation sites (N-methyl/N-ethyl adjacent to an activating group) is 1. The van der Waals surface area contributed by atoms with Crippen LogP contribution < -0.4 is 5.32 Å². The monoisotopic (exact) mass is 429 g/mol. The number of nitrogens with one attached hydrogen (secondary N) is 1. The van der Waals surface area contributed by atoms with E-state index in [0.29, 0.717) is 11.3 Å². The van der Waals surface area contributed by atoms with Crippen molar-refractivity contribution >= 4 is 32.6 Å². The molecule has 3 aromatic rings. The Kier molecular flexibility index (Phi) is 6.30. The fourth-order valence-electron chi connectivity index (χ4n) is 3.14. The van der Waals surface area contributed by atoms with Gasteiger partial charge in [-0.1, -0.05) is 24.3 Å². The summed E-state index contributed by atoms with van der Waals surface area (Å²) in [6, 6.07) is 14.5. The van der Waals surface area contributed by atoms with Crippen molar-refractivity contribution in [3.8, 4) is 0 Å². The van der Waals surface area contributed by atoms with E-state index >= 15 is 0 Å². The van der Waals surface area contributed by atoms with Crippen molar-refractivity contribution in [2.24, 2.45) is 0 Å². The maximum absolute atomic E-state index is 12.6. The zero-order valence-electron chi connectivity index (χ0n) is 17.8. The first-order valence-corrected chi connectivity index (χ1v) is 11.1. The van der Waals surface area contributed by atoms with Gasteiger partial charge in [0.15, 0.2) is 0 Å². The lowest BCUT2D eigenvalue weighted by Crippen LogP contribution is -2.32. The summed E-state index contributed by atoms with van der Waals surface area (Å²) in [6.07, 6.45) is 0. The number of benzene rings is 2. The fraction of sp³-hybridized carbons (Fsp3) is 0.318. The van der Waals surface area contributed by atoms with Crippen molar-refractivity contribution in [2.45, 2.75) is 24.8 Å². The second kappa shape index (κ2) is 8.59. The number of anilines is 1. The number of carbonyl (C=O) groups is 1. The number of furan rings is 1. The Hall–Kier alpha value is -2.68. The summed E-state index contributed by atoms with van der Waals surface area (Å²) in [5.41, 5.74) is 1.87. The summed E-state index contributed by atoms with van der Waals surface area (Å²) in [5.74, 6) is 0.540. The Morgan fingerprint density at radius 2 is 1.80 bits per heavy atom. The number of rotatable bonds is 7. The Labute approximate surface area is 177 Å². The Morgan fingerprint density at radius 3 is 2.47 bits per heavy atom. The van der Waals surface area contributed by atoms with Crippen LogP contribution in [0.25, 0.3) is 11.0 Å². The van der Waals surface area contributed by atoms with Crippen LogP contribution in [0.1, 0.15) is 24.3 Å². The van der Waals surface area contributed by atoms with Crippen LogP contribution in [-0.2, 0) is 14.8 Å². The highest BCUT2D eigenvalue weighted by Crippen LogP contribution is 2.27. The fourth-order valence-corrected chi connectivity index (χ4v) is 4.29. The Morgan fingerprint density at radius 1 is 1.10 bits per heavy atom. The summed E-state index contributed by atoms with van der Waals surface area (Å²) < 4.78 is 32.0. The first kappa shape index (κ1) is 22.0. The predicted molar refractivity (Wildman–Crippen MR) is 118 cm³/mol. The van der Waals surface area contributed by atoms with Crippen LogP contribution in [0, 0.1) is 6.92 Å². The SMILES string of the molecule is Cc1ccc(NC(=O)CN(C)C(C)c2cc3ccccc3o2)cc1S(=O)(=O)N(C)C. The smallest absolute Gasteiger partial charge is 0.242 e. The minimum absolute atomic E-state index is 0.106. The highest BCUT2D eigenvalue weighted by atomic mass is 32.2. The van der Waals surface area contributed by atoms with Gasteiger partial charge < -0.3 is 9.73 Å². The van der Waals surface area contributed by atoms with E-state index in [1.165, 1.54) is 20.2 Å². The highest BCUT2D eigenvalue weighted by Gasteiger charge is 2.22. The average molecular weight is 430 g/mol. The van der Waals surface area contributed by atoms with Gasteiger partial charge in [-0.3, -0.25) is 9.69 Å². The second-order valence-electron chi connectivity index (χ2n) is 7.59. The standard InChI is InChI=1S/C22H27N3O4S/c1-15-10-11-18(13-21(15)30(27,28)24(3)4)23-22(26)14-25(5)16(2)20-12-17-8-6-7-9-19(17)29-20/h6-13,16H,14H2,1-5H3,(H,23,26). The molecular weight excluding hydrogens is 402 g/mol. The third kappa shape index (κ3) is 4.56. The van der Waals surface area contributed by atoms with E-state index in [9.17, 15) is 13.2 Å². The number of sulfonamides is 1. The first-order chi connectivity index (χ1) is 14.1. The van der Waals surface area contributed by atoms with Crippen LogP contribution >= 0.6 is 0 Å². The molecule has 0 aliphatic rings. The topological polar surface area (TPSA) is 82.9 Å². The molecule has 0 aliphatic carbocycles. The van der Waals surface area contributed by atoms with E-state index in [-0.39, 0.29) is 23.4 Å². The largest absolute Gasteiger partial charge is 0.459 e. The van der Waals surface area contributed by atoms with Gasteiger partial charge in [-0.05, 0) is 50.7 Å². The second-order valence-corrected chi connectivity index (χ2v) is 9.71. The summed E-state index contributed by atoms with van der Waals surface area (Å²) in [5, 5.41) is 3.81. The number of hydrogen-bond donors (Lipinski definition) is 1. The van der Waals surface area contributed by atoms with Crippen molar-refractivity contribution in [1.82, 2.24) is 9.21 Å². The summed E-state index contributed by atoms with van der Waals surface area (Å²) in [4.78, 5) is 14.6. The molecule has 30 heavy (non-hydrogen) atoms. The normalized spacial score (nSPS) is 13.2. The van der Waals surface area contributed by atoms with Crippen LogP contribution in [0.5, 0.6) is 0 Å². The zero-order valence-corrected chi connectivity index (χ0v) is 18.7. The maximum Gasteiger partial charge on any atom is 0.242 e. The molecule has 7 nitrogen and oxygen atoms in total. The van der Waals surface area contributed by atoms with E-state index in [1.807, 2.05) is 49.2 Å². The molecule has 1 N–H and O–H groups in total. The lowest BCUT2D eigenvalue weighted by Gasteiger charge is -2.22. The van der Waals surface area contributed by atoms with Gasteiger partial charge in [0.2, 0.25) is 15.9 Å². The molecule has 0 fully saturated rings. The van der Waals surface area contributed by atoms with Gasteiger partial charge in [0, 0.05) is 25.2 Å². The van der Waals surface area contributed by atoms with Crippen LogP contribution in [-0.4, -0.2) is 51.2 Å². The van der Waals surface area contributed by atoms with E-state index in [2.05, 4.69) is 5.32 Å². The van der Waals surface area contributed by atoms with Crippen molar-refractivity contribution in [2.75, 3.05) is 33.0 Å². The van der Waals surface area contributed by atoms with Gasteiger partial charge in [-0.15, -0.1) is 0 Å². The maximum atomic E-state index is 12.6. The Balaban J connectivity index is 1.70. The summed E-state index contributed by atoms with van der Waals surface area (Å²) in [6.45, 7) is 3.82. The van der Waals surface area contributed by atoms with E-state index in [0.717, 1.165) is 21.0 Å². The van der Waals surface area contributed by atoms with Gasteiger partial charge in [-0.25, -0.2) is 12.7 Å². The minimum atomic E-state index is -3.59. The predicted octanol–water partition coefficient (Wildman–Crippen LogP) is 3.62. The summed E-state index contributed by atoms with van der Waals surface area (Å²) >= 11 is 0. The minimum Gasteiger partial charge on any atom is -0.459 e. The highest BCUT2D eigenvalue weighted by molar-refractivity contribution is 7.89. The molecule has 0 saturated heterocycles. The molecule has 0 bridgehead atoms. The first-order valence-electron chi connectivity index (χ1n) is 9.61. The molecule has 2 aromatic carbocycles. The molecule has 0 saturated carbocycles. The third-order valence-corrected chi connectivity index (χ3v) is 7.10. The molecule has 1 aromatic heterocycles. The van der Waals surface area contributed by atoms with E-state index in [1.54, 1.807) is 19.1 Å². The molecule has 0 aliphatic heterocycles. The van der Waals surface area contributed by atoms with Crippen molar-refractivity contribution in [3.63, 3.8) is 0 Å². The zero-order chi connectivity index (χ0) is 22.1. The number of hydrogen-bond acceptors (Lipinski definition) is 5. The van der Waals surface area contributed by atoms with Gasteiger partial charge in [0.05, 0.1) is 17.5 Å². The number of fused-ring (bicyclic) bond motifs is 1. The summed E-state index contributed by atoms with van der Waals surface area (Å²) in [7, 11) is 1.21. The van der Waals surface area contributed by atoms with Gasteiger partial charge in [0.25, 0.3) is 0 Å².